The van der Waals surface area contributed by atoms with Crippen LogP contribution >= 0.6 is 0 Å². The van der Waals surface area contributed by atoms with E-state index >= 15 is 0 Å². The number of esters is 1. The Labute approximate surface area is 264 Å². The number of hydrogen-bond acceptors (Lipinski definition) is 3. The number of carbonyl (C=O) groups excluding carboxylic acids is 1. The molecule has 4 heteroatoms. The largest absolute Gasteiger partial charge is 0.430 e. The number of allylic oxidation sites excluding steroid dienone is 4. The molecule has 1 aromatic rings. The Kier molecular flexibility index (Phi) is 8.84. The molecule has 1 fully saturated rings. The predicted octanol–water partition coefficient (Wildman–Crippen LogP) is 11.1. The van der Waals surface area contributed by atoms with Gasteiger partial charge in [0.25, 0.3) is 0 Å². The summed E-state index contributed by atoms with van der Waals surface area (Å²) in [6.07, 6.45) is 14.5. The molecule has 4 aliphatic carbocycles. The minimum absolute atomic E-state index is 0.103. The first kappa shape index (κ1) is 32.7. The van der Waals surface area contributed by atoms with Crippen LogP contribution in [0.1, 0.15) is 123 Å². The van der Waals surface area contributed by atoms with Gasteiger partial charge in [-0.25, -0.2) is 4.79 Å². The van der Waals surface area contributed by atoms with Gasteiger partial charge >= 0.3 is 5.97 Å². The zero-order valence-electron chi connectivity index (χ0n) is 29.1. The van der Waals surface area contributed by atoms with Crippen molar-refractivity contribution < 1.29 is 14.0 Å². The quantitative estimate of drug-likeness (QED) is 0.160. The summed E-state index contributed by atoms with van der Waals surface area (Å²) in [5, 5.41) is 0. The van der Waals surface area contributed by atoms with Crippen LogP contribution in [0.2, 0.25) is 19.6 Å². The summed E-state index contributed by atoms with van der Waals surface area (Å²) in [5.74, 6) is 1.56. The van der Waals surface area contributed by atoms with Crippen LogP contribution in [0.5, 0.6) is 0 Å². The van der Waals surface area contributed by atoms with E-state index in [2.05, 4.69) is 74.2 Å². The van der Waals surface area contributed by atoms with Crippen LogP contribution in [0.4, 0.5) is 0 Å². The fourth-order valence-corrected chi connectivity index (χ4v) is 11.6. The van der Waals surface area contributed by atoms with Crippen molar-refractivity contribution in [2.45, 2.75) is 138 Å². The average Bonchev–Trinajstić information content (AvgIpc) is 3.28. The zero-order chi connectivity index (χ0) is 31.4. The van der Waals surface area contributed by atoms with E-state index in [0.29, 0.717) is 16.9 Å². The van der Waals surface area contributed by atoms with Crippen LogP contribution < -0.4 is 0 Å². The highest BCUT2D eigenvalue weighted by Crippen LogP contribution is 2.69. The number of hydrogen-bond donors (Lipinski definition) is 0. The maximum Gasteiger partial charge on any atom is 0.340 e. The minimum atomic E-state index is -2.05. The number of rotatable bonds is 9. The summed E-state index contributed by atoms with van der Waals surface area (Å²) in [6, 6.07) is 9.47. The van der Waals surface area contributed by atoms with Crippen molar-refractivity contribution in [1.82, 2.24) is 0 Å². The monoisotopic (exact) mass is 604 g/mol. The number of fused-ring (bicyclic) bond motifs is 4. The Balaban J connectivity index is 1.44. The Morgan fingerprint density at radius 2 is 1.63 bits per heavy atom. The molecule has 238 valence electrons. The van der Waals surface area contributed by atoms with Gasteiger partial charge in [-0.05, 0) is 116 Å². The molecule has 0 heterocycles. The van der Waals surface area contributed by atoms with Crippen LogP contribution in [0.3, 0.4) is 0 Å². The second-order valence-electron chi connectivity index (χ2n) is 17.1. The molecule has 0 spiro atoms. The fraction of sp³-hybridized carbons (Fsp3) is 0.718. The normalized spacial score (nSPS) is 34.3. The van der Waals surface area contributed by atoms with E-state index < -0.39 is 14.1 Å². The van der Waals surface area contributed by atoms with Crippen molar-refractivity contribution in [2.24, 2.45) is 39.9 Å². The average molecular weight is 605 g/mol. The van der Waals surface area contributed by atoms with Gasteiger partial charge in [-0.1, -0.05) is 97.6 Å². The van der Waals surface area contributed by atoms with E-state index in [4.69, 9.17) is 9.16 Å². The van der Waals surface area contributed by atoms with Gasteiger partial charge in [0.15, 0.2) is 8.32 Å². The Morgan fingerprint density at radius 1 is 0.930 bits per heavy atom. The third-order valence-corrected chi connectivity index (χ3v) is 13.4. The van der Waals surface area contributed by atoms with Gasteiger partial charge in [-0.2, -0.15) is 0 Å². The van der Waals surface area contributed by atoms with E-state index in [-0.39, 0.29) is 16.8 Å². The first-order valence-corrected chi connectivity index (χ1v) is 20.9. The van der Waals surface area contributed by atoms with Crippen LogP contribution in [0.25, 0.3) is 0 Å². The van der Waals surface area contributed by atoms with Gasteiger partial charge in [-0.3, -0.25) is 0 Å². The topological polar surface area (TPSA) is 35.5 Å². The molecular weight excluding hydrogens is 545 g/mol. The SMILES string of the molecule is CC(C)CCC[C@@H](C)[C@H]1CC=C2C3=C(CC[C@@]21C)[C@@]1(C)CC[C@@](OC(=O)c2ccccc2)(O[Si](C)(C)C)C(C)(C)C1CC3. The lowest BCUT2D eigenvalue weighted by atomic mass is 9.45. The molecule has 0 N–H and O–H groups in total. The van der Waals surface area contributed by atoms with Crippen molar-refractivity contribution in [3.05, 3.63) is 58.7 Å². The van der Waals surface area contributed by atoms with Crippen molar-refractivity contribution >= 4 is 14.3 Å². The summed E-state index contributed by atoms with van der Waals surface area (Å²) in [4.78, 5) is 13.6. The maximum absolute atomic E-state index is 13.6. The molecular formula is C39H60O3Si. The Hall–Kier alpha value is -1.65. The molecule has 0 saturated heterocycles. The van der Waals surface area contributed by atoms with Gasteiger partial charge in [0.1, 0.15) is 0 Å². The Bertz CT molecular complexity index is 1250. The molecule has 1 aromatic carbocycles. The van der Waals surface area contributed by atoms with Crippen molar-refractivity contribution in [1.29, 1.82) is 0 Å². The summed E-state index contributed by atoms with van der Waals surface area (Å²) >= 11 is 0. The fourth-order valence-electron chi connectivity index (χ4n) is 10.2. The molecule has 6 atom stereocenters. The Morgan fingerprint density at radius 3 is 2.28 bits per heavy atom. The van der Waals surface area contributed by atoms with Gasteiger partial charge in [0.05, 0.1) is 5.56 Å². The second kappa shape index (κ2) is 11.6. The lowest BCUT2D eigenvalue weighted by Crippen LogP contribution is -2.64. The van der Waals surface area contributed by atoms with Crippen LogP contribution in [0, 0.1) is 39.9 Å². The van der Waals surface area contributed by atoms with Gasteiger partial charge < -0.3 is 9.16 Å². The number of carbonyl (C=O) groups is 1. The third kappa shape index (κ3) is 5.78. The smallest absolute Gasteiger partial charge is 0.340 e. The summed E-state index contributed by atoms with van der Waals surface area (Å²) in [5.41, 5.74) is 5.85. The van der Waals surface area contributed by atoms with Gasteiger partial charge in [0, 0.05) is 11.8 Å². The molecule has 0 aromatic heterocycles. The van der Waals surface area contributed by atoms with Crippen LogP contribution in [0.15, 0.2) is 53.1 Å². The van der Waals surface area contributed by atoms with Crippen molar-refractivity contribution in [3.8, 4) is 0 Å². The highest BCUT2D eigenvalue weighted by Gasteiger charge is 2.65. The summed E-state index contributed by atoms with van der Waals surface area (Å²) in [7, 11) is -2.05. The van der Waals surface area contributed by atoms with Crippen molar-refractivity contribution in [3.63, 3.8) is 0 Å². The van der Waals surface area contributed by atoms with E-state index in [1.54, 1.807) is 16.7 Å². The highest BCUT2D eigenvalue weighted by molar-refractivity contribution is 6.69. The van der Waals surface area contributed by atoms with E-state index in [1.807, 2.05) is 30.3 Å². The maximum atomic E-state index is 13.6. The van der Waals surface area contributed by atoms with Crippen LogP contribution in [-0.4, -0.2) is 20.1 Å². The van der Waals surface area contributed by atoms with E-state index in [9.17, 15) is 4.79 Å². The third-order valence-electron chi connectivity index (χ3n) is 12.4. The molecule has 0 aliphatic heterocycles. The molecule has 5 rings (SSSR count). The number of benzene rings is 1. The van der Waals surface area contributed by atoms with Gasteiger partial charge in [0.2, 0.25) is 5.79 Å². The molecule has 0 amide bonds. The van der Waals surface area contributed by atoms with Crippen LogP contribution in [-0.2, 0) is 9.16 Å². The zero-order valence-corrected chi connectivity index (χ0v) is 30.1. The van der Waals surface area contributed by atoms with Gasteiger partial charge in [-0.15, -0.1) is 0 Å². The summed E-state index contributed by atoms with van der Waals surface area (Å²) < 4.78 is 13.6. The molecule has 1 saturated carbocycles. The lowest BCUT2D eigenvalue weighted by Gasteiger charge is -2.63. The molecule has 4 aliphatic rings. The predicted molar refractivity (Wildman–Crippen MR) is 181 cm³/mol. The molecule has 3 nitrogen and oxygen atoms in total. The van der Waals surface area contributed by atoms with E-state index in [1.165, 1.54) is 38.5 Å². The van der Waals surface area contributed by atoms with Crippen molar-refractivity contribution in [2.75, 3.05) is 0 Å². The molecule has 0 bridgehead atoms. The highest BCUT2D eigenvalue weighted by atomic mass is 28.4. The molecule has 43 heavy (non-hydrogen) atoms. The minimum Gasteiger partial charge on any atom is -0.430 e. The lowest BCUT2D eigenvalue weighted by molar-refractivity contribution is -0.273. The first-order chi connectivity index (χ1) is 20.0. The summed E-state index contributed by atoms with van der Waals surface area (Å²) in [6.45, 7) is 23.8. The molecule has 1 unspecified atom stereocenters. The van der Waals surface area contributed by atoms with E-state index in [0.717, 1.165) is 43.4 Å². The first-order valence-electron chi connectivity index (χ1n) is 17.5. The second-order valence-corrected chi connectivity index (χ2v) is 21.5. The molecule has 0 radical (unpaired) electrons. The number of ether oxygens (including phenoxy) is 1. The standard InChI is InChI=1S/C39H60O3Si/c1-27(2)15-14-16-28(3)31-20-21-32-30-19-22-34-36(4,5)39(42-43(8,9)10,41-35(40)29-17-12-11-13-18-29)26-25-38(34,7)33(30)23-24-37(31,32)6/h11-13,17-18,21,27-28,31,34H,14-16,19-20,22-26H2,1-10H3/t28-,31-,34?,37-,38-,39-/m1/s1.